The van der Waals surface area contributed by atoms with E-state index in [2.05, 4.69) is 26.7 Å². The minimum atomic E-state index is -0.410. The Balaban J connectivity index is 1.75. The molecule has 0 saturated carbocycles. The number of nitrogens with zero attached hydrogens (tertiary/aromatic N) is 3. The van der Waals surface area contributed by atoms with Crippen molar-refractivity contribution in [1.29, 1.82) is 5.26 Å². The van der Waals surface area contributed by atoms with Crippen LogP contribution in [0.15, 0.2) is 54.7 Å². The van der Waals surface area contributed by atoms with Crippen LogP contribution in [-0.2, 0) is 0 Å². The molecule has 7 nitrogen and oxygen atoms in total. The zero-order valence-corrected chi connectivity index (χ0v) is 15.0. The van der Waals surface area contributed by atoms with Crippen LogP contribution in [0, 0.1) is 11.3 Å². The van der Waals surface area contributed by atoms with Crippen molar-refractivity contribution in [3.63, 3.8) is 0 Å². The molecule has 1 aromatic heterocycles. The van der Waals surface area contributed by atoms with Gasteiger partial charge in [-0.3, -0.25) is 4.79 Å². The first kappa shape index (κ1) is 18.2. The van der Waals surface area contributed by atoms with E-state index in [1.54, 1.807) is 42.5 Å². The molecule has 0 bridgehead atoms. The highest BCUT2D eigenvalue weighted by molar-refractivity contribution is 6.32. The first-order valence-corrected chi connectivity index (χ1v) is 8.22. The summed E-state index contributed by atoms with van der Waals surface area (Å²) in [5, 5.41) is 15.0. The van der Waals surface area contributed by atoms with Crippen molar-refractivity contribution in [3.8, 4) is 11.8 Å². The van der Waals surface area contributed by atoms with E-state index >= 15 is 0 Å². The summed E-state index contributed by atoms with van der Waals surface area (Å²) in [4.78, 5) is 20.7. The van der Waals surface area contributed by atoms with Gasteiger partial charge in [0.1, 0.15) is 11.4 Å². The number of methoxy groups -OCH3 is 1. The fourth-order valence-corrected chi connectivity index (χ4v) is 2.54. The van der Waals surface area contributed by atoms with Crippen LogP contribution < -0.4 is 15.4 Å². The van der Waals surface area contributed by atoms with Crippen LogP contribution in [-0.4, -0.2) is 23.0 Å². The molecule has 0 unspecified atom stereocenters. The summed E-state index contributed by atoms with van der Waals surface area (Å²) in [5.41, 5.74) is 1.84. The number of nitrogens with one attached hydrogen (secondary N) is 2. The fourth-order valence-electron chi connectivity index (χ4n) is 2.28. The van der Waals surface area contributed by atoms with Gasteiger partial charge in [0.2, 0.25) is 5.95 Å². The summed E-state index contributed by atoms with van der Waals surface area (Å²) in [5.74, 6) is 0.348. The van der Waals surface area contributed by atoms with E-state index in [4.69, 9.17) is 21.6 Å². The number of nitriles is 1. The second kappa shape index (κ2) is 8.17. The second-order valence-corrected chi connectivity index (χ2v) is 5.79. The lowest BCUT2D eigenvalue weighted by Crippen LogP contribution is -2.14. The highest BCUT2D eigenvalue weighted by Gasteiger charge is 2.11. The molecule has 2 N–H and O–H groups in total. The molecule has 134 valence electrons. The van der Waals surface area contributed by atoms with E-state index in [-0.39, 0.29) is 11.6 Å². The molecule has 3 rings (SSSR count). The van der Waals surface area contributed by atoms with Crippen molar-refractivity contribution in [3.05, 3.63) is 71.0 Å². The molecule has 0 saturated heterocycles. The SMILES string of the molecule is COc1ccc(NC(=O)c2ccnc(Nc3cccc(C#N)c3)n2)cc1Cl. The summed E-state index contributed by atoms with van der Waals surface area (Å²) in [6.45, 7) is 0. The van der Waals surface area contributed by atoms with Gasteiger partial charge in [-0.1, -0.05) is 17.7 Å². The maximum atomic E-state index is 12.4. The Bertz CT molecular complexity index is 1030. The zero-order valence-electron chi connectivity index (χ0n) is 14.2. The molecule has 0 atom stereocenters. The van der Waals surface area contributed by atoms with Crippen molar-refractivity contribution in [2.75, 3.05) is 17.7 Å². The first-order chi connectivity index (χ1) is 13.1. The van der Waals surface area contributed by atoms with Crippen LogP contribution in [0.4, 0.5) is 17.3 Å². The Kier molecular flexibility index (Phi) is 5.50. The van der Waals surface area contributed by atoms with E-state index in [0.717, 1.165) is 0 Å². The van der Waals surface area contributed by atoms with Crippen molar-refractivity contribution in [2.45, 2.75) is 0 Å². The monoisotopic (exact) mass is 379 g/mol. The predicted octanol–water partition coefficient (Wildman–Crippen LogP) is 4.01. The third-order valence-electron chi connectivity index (χ3n) is 3.55. The van der Waals surface area contributed by atoms with E-state index in [1.807, 2.05) is 0 Å². The highest BCUT2D eigenvalue weighted by atomic mass is 35.5. The molecule has 3 aromatic rings. The number of halogens is 1. The second-order valence-electron chi connectivity index (χ2n) is 5.39. The number of benzene rings is 2. The van der Waals surface area contributed by atoms with Gasteiger partial charge in [-0.2, -0.15) is 5.26 Å². The van der Waals surface area contributed by atoms with Gasteiger partial charge in [-0.25, -0.2) is 9.97 Å². The van der Waals surface area contributed by atoms with Gasteiger partial charge in [0.15, 0.2) is 0 Å². The van der Waals surface area contributed by atoms with Gasteiger partial charge < -0.3 is 15.4 Å². The van der Waals surface area contributed by atoms with Gasteiger partial charge in [0, 0.05) is 17.6 Å². The first-order valence-electron chi connectivity index (χ1n) is 7.84. The number of anilines is 3. The van der Waals surface area contributed by atoms with Crippen LogP contribution in [0.25, 0.3) is 0 Å². The summed E-state index contributed by atoms with van der Waals surface area (Å²) >= 11 is 6.06. The molecule has 0 radical (unpaired) electrons. The number of amides is 1. The zero-order chi connectivity index (χ0) is 19.2. The van der Waals surface area contributed by atoms with Crippen LogP contribution in [0.3, 0.4) is 0 Å². The van der Waals surface area contributed by atoms with E-state index in [0.29, 0.717) is 27.7 Å². The molecular formula is C19H14ClN5O2. The number of hydrogen-bond donors (Lipinski definition) is 2. The fraction of sp³-hybridized carbons (Fsp3) is 0.0526. The molecule has 27 heavy (non-hydrogen) atoms. The number of aromatic nitrogens is 2. The van der Waals surface area contributed by atoms with Crippen LogP contribution in [0.2, 0.25) is 5.02 Å². The third-order valence-corrected chi connectivity index (χ3v) is 3.84. The van der Waals surface area contributed by atoms with Gasteiger partial charge in [-0.15, -0.1) is 0 Å². The Labute approximate surface area is 160 Å². The number of carbonyl (C=O) groups is 1. The predicted molar refractivity (Wildman–Crippen MR) is 102 cm³/mol. The molecule has 2 aromatic carbocycles. The molecule has 0 fully saturated rings. The molecule has 0 spiro atoms. The summed E-state index contributed by atoms with van der Waals surface area (Å²) in [6, 6.07) is 15.3. The minimum absolute atomic E-state index is 0.177. The van der Waals surface area contributed by atoms with Crippen LogP contribution >= 0.6 is 11.6 Å². The van der Waals surface area contributed by atoms with Crippen LogP contribution in [0.5, 0.6) is 5.75 Å². The lowest BCUT2D eigenvalue weighted by Gasteiger charge is -2.09. The Morgan fingerprint density at radius 1 is 1.19 bits per heavy atom. The van der Waals surface area contributed by atoms with E-state index in [1.165, 1.54) is 19.4 Å². The Hall–Kier alpha value is -3.63. The molecule has 1 heterocycles. The van der Waals surface area contributed by atoms with Crippen molar-refractivity contribution in [1.82, 2.24) is 9.97 Å². The maximum absolute atomic E-state index is 12.4. The number of ether oxygens (including phenoxy) is 1. The van der Waals surface area contributed by atoms with Gasteiger partial charge in [0.25, 0.3) is 5.91 Å². The van der Waals surface area contributed by atoms with Crippen molar-refractivity contribution in [2.24, 2.45) is 0 Å². The molecule has 0 aliphatic carbocycles. The third kappa shape index (κ3) is 4.51. The van der Waals surface area contributed by atoms with Gasteiger partial charge in [-0.05, 0) is 42.5 Å². The van der Waals surface area contributed by atoms with Crippen LogP contribution in [0.1, 0.15) is 16.1 Å². The number of rotatable bonds is 5. The van der Waals surface area contributed by atoms with Crippen molar-refractivity contribution >= 4 is 34.8 Å². The smallest absolute Gasteiger partial charge is 0.274 e. The normalized spacial score (nSPS) is 9.96. The molecule has 8 heteroatoms. The Morgan fingerprint density at radius 2 is 2.04 bits per heavy atom. The van der Waals surface area contributed by atoms with Gasteiger partial charge >= 0.3 is 0 Å². The average Bonchev–Trinajstić information content (AvgIpc) is 2.68. The highest BCUT2D eigenvalue weighted by Crippen LogP contribution is 2.27. The summed E-state index contributed by atoms with van der Waals surface area (Å²) in [7, 11) is 1.52. The lowest BCUT2D eigenvalue weighted by molar-refractivity contribution is 0.102. The Morgan fingerprint density at radius 3 is 2.78 bits per heavy atom. The number of carbonyl (C=O) groups excluding carboxylic acids is 1. The minimum Gasteiger partial charge on any atom is -0.495 e. The average molecular weight is 380 g/mol. The molecular weight excluding hydrogens is 366 g/mol. The quantitative estimate of drug-likeness (QED) is 0.694. The van der Waals surface area contributed by atoms with Crippen molar-refractivity contribution < 1.29 is 9.53 Å². The standard InChI is InChI=1S/C19H14ClN5O2/c1-27-17-6-5-14(10-15(17)20)23-18(26)16-7-8-22-19(25-16)24-13-4-2-3-12(9-13)11-21/h2-10H,1H3,(H,23,26)(H,22,24,25). The topological polar surface area (TPSA) is 99.9 Å². The van der Waals surface area contributed by atoms with E-state index in [9.17, 15) is 4.79 Å². The molecule has 0 aliphatic heterocycles. The summed E-state index contributed by atoms with van der Waals surface area (Å²) in [6.07, 6.45) is 1.47. The molecule has 0 aliphatic rings. The van der Waals surface area contributed by atoms with E-state index < -0.39 is 5.91 Å². The summed E-state index contributed by atoms with van der Waals surface area (Å²) < 4.78 is 5.08. The van der Waals surface area contributed by atoms with Gasteiger partial charge in [0.05, 0.1) is 23.8 Å². The molecule has 1 amide bonds. The maximum Gasteiger partial charge on any atom is 0.274 e. The number of hydrogen-bond acceptors (Lipinski definition) is 6. The lowest BCUT2D eigenvalue weighted by atomic mass is 10.2. The largest absolute Gasteiger partial charge is 0.495 e.